The van der Waals surface area contributed by atoms with Gasteiger partial charge in [0, 0.05) is 22.5 Å². The number of oxazole rings is 1. The van der Waals surface area contributed by atoms with Crippen LogP contribution >= 0.6 is 23.2 Å². The molecule has 0 N–H and O–H groups in total. The SMILES string of the molecule is Cc1ccc2c(c1)c(C(=O)c1cnc(-c3ccccc3)o1)c(Cl)n2Cc1ccc(Cl)cc1. The smallest absolute Gasteiger partial charge is 0.233 e. The summed E-state index contributed by atoms with van der Waals surface area (Å²) in [5, 5.41) is 1.82. The van der Waals surface area contributed by atoms with Crippen LogP contribution < -0.4 is 0 Å². The predicted octanol–water partition coefficient (Wildman–Crippen LogP) is 7.19. The summed E-state index contributed by atoms with van der Waals surface area (Å²) < 4.78 is 7.75. The highest BCUT2D eigenvalue weighted by molar-refractivity contribution is 6.37. The summed E-state index contributed by atoms with van der Waals surface area (Å²) in [7, 11) is 0. The number of aryl methyl sites for hydroxylation is 1. The van der Waals surface area contributed by atoms with E-state index < -0.39 is 0 Å². The zero-order valence-corrected chi connectivity index (χ0v) is 18.7. The Labute approximate surface area is 195 Å². The van der Waals surface area contributed by atoms with Gasteiger partial charge in [-0.05, 0) is 48.9 Å². The van der Waals surface area contributed by atoms with Crippen LogP contribution in [0.5, 0.6) is 0 Å². The molecule has 0 aliphatic carbocycles. The highest BCUT2D eigenvalue weighted by Gasteiger charge is 2.25. The topological polar surface area (TPSA) is 48.0 Å². The van der Waals surface area contributed by atoms with E-state index >= 15 is 0 Å². The molecule has 0 saturated heterocycles. The molecule has 0 unspecified atom stereocenters. The van der Waals surface area contributed by atoms with Gasteiger partial charge in [0.05, 0.1) is 17.3 Å². The number of halogens is 2. The molecule has 0 radical (unpaired) electrons. The van der Waals surface area contributed by atoms with Crippen LogP contribution in [0.25, 0.3) is 22.4 Å². The zero-order chi connectivity index (χ0) is 22.2. The average Bonchev–Trinajstić information content (AvgIpc) is 3.39. The normalized spacial score (nSPS) is 11.2. The molecule has 0 aliphatic rings. The first-order valence-electron chi connectivity index (χ1n) is 10.1. The first-order valence-corrected chi connectivity index (χ1v) is 10.9. The molecule has 0 atom stereocenters. The number of aromatic nitrogens is 2. The van der Waals surface area contributed by atoms with Gasteiger partial charge in [0.15, 0.2) is 5.76 Å². The molecule has 0 bridgehead atoms. The lowest BCUT2D eigenvalue weighted by Gasteiger charge is -2.08. The Morgan fingerprint density at radius 2 is 1.75 bits per heavy atom. The largest absolute Gasteiger partial charge is 0.433 e. The second kappa shape index (κ2) is 8.30. The third-order valence-corrected chi connectivity index (χ3v) is 6.03. The average molecular weight is 461 g/mol. The minimum Gasteiger partial charge on any atom is -0.433 e. The number of fused-ring (bicyclic) bond motifs is 1. The highest BCUT2D eigenvalue weighted by atomic mass is 35.5. The van der Waals surface area contributed by atoms with Crippen LogP contribution in [-0.4, -0.2) is 15.3 Å². The van der Waals surface area contributed by atoms with Crippen molar-refractivity contribution in [3.05, 3.63) is 112 Å². The van der Waals surface area contributed by atoms with Crippen LogP contribution in [-0.2, 0) is 6.54 Å². The molecule has 0 spiro atoms. The molecule has 2 aromatic heterocycles. The van der Waals surface area contributed by atoms with E-state index in [1.165, 1.54) is 6.20 Å². The Hall–Kier alpha value is -3.34. The van der Waals surface area contributed by atoms with Crippen molar-refractivity contribution >= 4 is 39.9 Å². The van der Waals surface area contributed by atoms with Gasteiger partial charge in [-0.1, -0.05) is 65.2 Å². The van der Waals surface area contributed by atoms with Gasteiger partial charge in [-0.15, -0.1) is 0 Å². The Balaban J connectivity index is 1.60. The van der Waals surface area contributed by atoms with E-state index in [9.17, 15) is 4.79 Å². The monoisotopic (exact) mass is 460 g/mol. The molecule has 0 aliphatic heterocycles. The van der Waals surface area contributed by atoms with Gasteiger partial charge < -0.3 is 8.98 Å². The van der Waals surface area contributed by atoms with E-state index in [4.69, 9.17) is 27.6 Å². The third-order valence-electron chi connectivity index (χ3n) is 5.39. The second-order valence-electron chi connectivity index (χ2n) is 7.62. The standard InChI is InChI=1S/C26H18Cl2N2O2/c1-16-7-12-21-20(13-16)23(25(28)30(21)15-17-8-10-19(27)11-9-17)24(31)22-14-29-26(32-22)18-5-3-2-4-6-18/h2-14H,15H2,1H3. The molecule has 6 heteroatoms. The van der Waals surface area contributed by atoms with Crippen LogP contribution in [0.15, 0.2) is 83.4 Å². The van der Waals surface area contributed by atoms with E-state index in [1.54, 1.807) is 0 Å². The predicted molar refractivity (Wildman–Crippen MR) is 128 cm³/mol. The van der Waals surface area contributed by atoms with Gasteiger partial charge in [-0.25, -0.2) is 4.98 Å². The van der Waals surface area contributed by atoms with Crippen molar-refractivity contribution in [3.8, 4) is 11.5 Å². The molecule has 32 heavy (non-hydrogen) atoms. The number of carbonyl (C=O) groups is 1. The lowest BCUT2D eigenvalue weighted by molar-refractivity contribution is 0.101. The maximum absolute atomic E-state index is 13.5. The number of hydrogen-bond acceptors (Lipinski definition) is 3. The lowest BCUT2D eigenvalue weighted by Crippen LogP contribution is -2.03. The van der Waals surface area contributed by atoms with Crippen LogP contribution in [0.2, 0.25) is 10.2 Å². The first kappa shape index (κ1) is 20.6. The van der Waals surface area contributed by atoms with Crippen molar-refractivity contribution < 1.29 is 9.21 Å². The summed E-state index contributed by atoms with van der Waals surface area (Å²) in [5.41, 5.74) is 4.16. The quantitative estimate of drug-likeness (QED) is 0.260. The number of hydrogen-bond donors (Lipinski definition) is 0. The van der Waals surface area contributed by atoms with E-state index in [-0.39, 0.29) is 11.5 Å². The summed E-state index contributed by atoms with van der Waals surface area (Å²) in [5.74, 6) is 0.249. The van der Waals surface area contributed by atoms with Gasteiger partial charge in [0.25, 0.3) is 0 Å². The molecular weight excluding hydrogens is 443 g/mol. The van der Waals surface area contributed by atoms with Gasteiger partial charge in [-0.3, -0.25) is 4.79 Å². The first-order chi connectivity index (χ1) is 15.5. The van der Waals surface area contributed by atoms with E-state index in [0.717, 1.165) is 27.6 Å². The Kier molecular flexibility index (Phi) is 5.33. The fraction of sp³-hybridized carbons (Fsp3) is 0.0769. The van der Waals surface area contributed by atoms with Crippen molar-refractivity contribution in [2.45, 2.75) is 13.5 Å². The molecule has 5 rings (SSSR count). The summed E-state index contributed by atoms with van der Waals surface area (Å²) in [6.45, 7) is 2.49. The van der Waals surface area contributed by atoms with Crippen molar-refractivity contribution in [3.63, 3.8) is 0 Å². The van der Waals surface area contributed by atoms with Gasteiger partial charge in [0.1, 0.15) is 5.15 Å². The highest BCUT2D eigenvalue weighted by Crippen LogP contribution is 2.34. The third kappa shape index (κ3) is 3.72. The molecule has 3 aromatic carbocycles. The minimum absolute atomic E-state index is 0.151. The molecule has 4 nitrogen and oxygen atoms in total. The molecule has 0 fully saturated rings. The van der Waals surface area contributed by atoms with Gasteiger partial charge in [0.2, 0.25) is 11.7 Å². The van der Waals surface area contributed by atoms with E-state index in [2.05, 4.69) is 4.98 Å². The van der Waals surface area contributed by atoms with Crippen molar-refractivity contribution in [1.82, 2.24) is 9.55 Å². The Bertz CT molecular complexity index is 1430. The van der Waals surface area contributed by atoms with Crippen LogP contribution in [0.4, 0.5) is 0 Å². The molecule has 0 saturated carbocycles. The fourth-order valence-electron chi connectivity index (χ4n) is 3.80. The number of benzene rings is 3. The van der Waals surface area contributed by atoms with Gasteiger partial charge >= 0.3 is 0 Å². The summed E-state index contributed by atoms with van der Waals surface area (Å²) in [6, 6.07) is 23.0. The summed E-state index contributed by atoms with van der Waals surface area (Å²) >= 11 is 12.8. The fourth-order valence-corrected chi connectivity index (χ4v) is 4.26. The van der Waals surface area contributed by atoms with Gasteiger partial charge in [-0.2, -0.15) is 0 Å². The Morgan fingerprint density at radius 1 is 1.00 bits per heavy atom. The second-order valence-corrected chi connectivity index (χ2v) is 8.42. The number of rotatable bonds is 5. The Morgan fingerprint density at radius 3 is 2.50 bits per heavy atom. The summed E-state index contributed by atoms with van der Waals surface area (Å²) in [4.78, 5) is 17.8. The van der Waals surface area contributed by atoms with E-state index in [0.29, 0.717) is 28.2 Å². The molecule has 158 valence electrons. The van der Waals surface area contributed by atoms with Crippen molar-refractivity contribution in [1.29, 1.82) is 0 Å². The maximum atomic E-state index is 13.5. The zero-order valence-electron chi connectivity index (χ0n) is 17.2. The van der Waals surface area contributed by atoms with Crippen LogP contribution in [0.1, 0.15) is 27.2 Å². The molecular formula is C26H18Cl2N2O2. The lowest BCUT2D eigenvalue weighted by atomic mass is 10.1. The molecule has 5 aromatic rings. The van der Waals surface area contributed by atoms with Crippen LogP contribution in [0, 0.1) is 6.92 Å². The number of carbonyl (C=O) groups excluding carboxylic acids is 1. The molecule has 2 heterocycles. The van der Waals surface area contributed by atoms with E-state index in [1.807, 2.05) is 84.3 Å². The van der Waals surface area contributed by atoms with Crippen molar-refractivity contribution in [2.75, 3.05) is 0 Å². The van der Waals surface area contributed by atoms with Crippen molar-refractivity contribution in [2.24, 2.45) is 0 Å². The van der Waals surface area contributed by atoms with Crippen LogP contribution in [0.3, 0.4) is 0 Å². The summed E-state index contributed by atoms with van der Waals surface area (Å²) in [6.07, 6.45) is 1.46. The minimum atomic E-state index is -0.296. The maximum Gasteiger partial charge on any atom is 0.233 e. The number of nitrogens with zero attached hydrogens (tertiary/aromatic N) is 2. The number of ketones is 1. The molecule has 0 amide bonds.